The number of anilines is 2. The molecule has 12 heteroatoms. The quantitative estimate of drug-likeness (QED) is 0.406. The number of fused-ring (bicyclic) bond motifs is 2. The van der Waals surface area contributed by atoms with E-state index in [1.807, 2.05) is 0 Å². The van der Waals surface area contributed by atoms with Gasteiger partial charge in [0.25, 0.3) is 5.91 Å². The first-order valence-electron chi connectivity index (χ1n) is 9.91. The molecule has 1 aliphatic rings. The highest BCUT2D eigenvalue weighted by Gasteiger charge is 2.24. The number of carbonyl (C=O) groups excluding carboxylic acids is 1. The van der Waals surface area contributed by atoms with Gasteiger partial charge in [-0.3, -0.25) is 9.48 Å². The Labute approximate surface area is 181 Å². The largest absolute Gasteiger partial charge is 0.473 e. The first kappa shape index (κ1) is 19.7. The molecule has 0 radical (unpaired) electrons. The minimum Gasteiger partial charge on any atom is -0.473 e. The topological polar surface area (TPSA) is 137 Å². The first-order chi connectivity index (χ1) is 15.4. The van der Waals surface area contributed by atoms with Crippen molar-refractivity contribution in [2.45, 2.75) is 19.6 Å². The zero-order valence-corrected chi connectivity index (χ0v) is 17.3. The van der Waals surface area contributed by atoms with Crippen molar-refractivity contribution in [1.82, 2.24) is 34.7 Å². The Morgan fingerprint density at radius 2 is 2.16 bits per heavy atom. The molecular formula is C20H20FN9O2. The molecule has 1 atom stereocenters. The van der Waals surface area contributed by atoms with Gasteiger partial charge >= 0.3 is 0 Å². The van der Waals surface area contributed by atoms with Crippen LogP contribution in [0.5, 0.6) is 5.88 Å². The molecule has 2 bridgehead atoms. The van der Waals surface area contributed by atoms with Crippen LogP contribution in [0, 0.1) is 5.82 Å². The van der Waals surface area contributed by atoms with Gasteiger partial charge in [-0.25, -0.2) is 14.4 Å². The van der Waals surface area contributed by atoms with E-state index < -0.39 is 11.9 Å². The highest BCUT2D eigenvalue weighted by molar-refractivity contribution is 6.00. The van der Waals surface area contributed by atoms with Gasteiger partial charge in [-0.2, -0.15) is 14.7 Å². The van der Waals surface area contributed by atoms with Crippen molar-refractivity contribution in [3.63, 3.8) is 0 Å². The summed E-state index contributed by atoms with van der Waals surface area (Å²) < 4.78 is 22.8. The average molecular weight is 437 g/mol. The number of halogens is 1. The van der Waals surface area contributed by atoms with E-state index in [2.05, 4.69) is 30.8 Å². The molecule has 0 aliphatic carbocycles. The van der Waals surface area contributed by atoms with E-state index in [9.17, 15) is 9.18 Å². The van der Waals surface area contributed by atoms with Crippen LogP contribution in [0.25, 0.3) is 16.9 Å². The third kappa shape index (κ3) is 3.35. The number of nitrogens with two attached hydrogens (primary N) is 1. The molecule has 1 amide bonds. The molecule has 11 nitrogen and oxygen atoms in total. The number of rotatable bonds is 1. The average Bonchev–Trinajstić information content (AvgIpc) is 3.38. The zero-order valence-electron chi connectivity index (χ0n) is 17.3. The molecule has 164 valence electrons. The number of aromatic nitrogens is 6. The SMILES string of the molecule is C[C@H]1CNC(=O)c2cnn3c(N)c(-c4ccn(C)n4)c(nc23)NCc2cc(F)cnc2O1. The molecule has 0 spiro atoms. The van der Waals surface area contributed by atoms with E-state index in [1.54, 1.807) is 30.9 Å². The number of hydrogen-bond donors (Lipinski definition) is 3. The Morgan fingerprint density at radius 1 is 1.31 bits per heavy atom. The molecule has 4 N–H and O–H groups in total. The summed E-state index contributed by atoms with van der Waals surface area (Å²) in [6.07, 6.45) is 3.86. The molecule has 4 aromatic heterocycles. The summed E-state index contributed by atoms with van der Waals surface area (Å²) in [5.41, 5.74) is 8.55. The summed E-state index contributed by atoms with van der Waals surface area (Å²) in [5, 5.41) is 14.7. The maximum atomic E-state index is 13.9. The van der Waals surface area contributed by atoms with Crippen LogP contribution in [0.2, 0.25) is 0 Å². The fourth-order valence-corrected chi connectivity index (χ4v) is 3.55. The van der Waals surface area contributed by atoms with Crippen LogP contribution in [0.4, 0.5) is 16.0 Å². The van der Waals surface area contributed by atoms with Crippen molar-refractivity contribution in [2.24, 2.45) is 7.05 Å². The monoisotopic (exact) mass is 437 g/mol. The van der Waals surface area contributed by atoms with Crippen LogP contribution in [0.1, 0.15) is 22.8 Å². The van der Waals surface area contributed by atoms with E-state index in [4.69, 9.17) is 10.5 Å². The van der Waals surface area contributed by atoms with Crippen molar-refractivity contribution < 1.29 is 13.9 Å². The standard InChI is InChI=1S/C20H20FN9O2/c1-10-6-24-19(31)13-9-26-30-16(22)15(14-3-4-29(2)28-14)17(27-18(13)30)23-7-11-5-12(21)8-25-20(11)32-10/h3-5,8-10H,6-7,22H2,1-2H3,(H,23,27)(H,24,31)/t10-/m0/s1. The summed E-state index contributed by atoms with van der Waals surface area (Å²) in [6, 6.07) is 3.13. The lowest BCUT2D eigenvalue weighted by Gasteiger charge is -2.17. The smallest absolute Gasteiger partial charge is 0.256 e. The molecule has 0 saturated heterocycles. The van der Waals surface area contributed by atoms with Gasteiger partial charge in [0.2, 0.25) is 5.88 Å². The molecule has 5 rings (SSSR count). The van der Waals surface area contributed by atoms with E-state index in [-0.39, 0.29) is 41.9 Å². The molecule has 4 aromatic rings. The minimum atomic E-state index is -0.495. The van der Waals surface area contributed by atoms with Gasteiger partial charge in [-0.1, -0.05) is 0 Å². The van der Waals surface area contributed by atoms with Crippen molar-refractivity contribution in [3.8, 4) is 17.1 Å². The van der Waals surface area contributed by atoms with Crippen molar-refractivity contribution in [3.05, 3.63) is 47.7 Å². The van der Waals surface area contributed by atoms with Gasteiger partial charge in [0.1, 0.15) is 29.1 Å². The Kier molecular flexibility index (Phi) is 4.61. The first-order valence-corrected chi connectivity index (χ1v) is 9.91. The second kappa shape index (κ2) is 7.48. The molecule has 0 saturated carbocycles. The van der Waals surface area contributed by atoms with E-state index in [0.29, 0.717) is 22.6 Å². The second-order valence-corrected chi connectivity index (χ2v) is 7.50. The van der Waals surface area contributed by atoms with Crippen molar-refractivity contribution in [1.29, 1.82) is 0 Å². The molecule has 0 unspecified atom stereocenters. The van der Waals surface area contributed by atoms with Crippen LogP contribution in [-0.4, -0.2) is 47.9 Å². The Hall–Kier alpha value is -4.22. The number of nitrogens with zero attached hydrogens (tertiary/aromatic N) is 6. The number of ether oxygens (including phenoxy) is 1. The maximum absolute atomic E-state index is 13.9. The third-order valence-corrected chi connectivity index (χ3v) is 5.10. The van der Waals surface area contributed by atoms with Crippen LogP contribution in [-0.2, 0) is 13.6 Å². The van der Waals surface area contributed by atoms with Crippen LogP contribution < -0.4 is 21.1 Å². The van der Waals surface area contributed by atoms with E-state index in [0.717, 1.165) is 6.20 Å². The van der Waals surface area contributed by atoms with Crippen molar-refractivity contribution >= 4 is 23.2 Å². The van der Waals surface area contributed by atoms with Gasteiger partial charge in [-0.15, -0.1) is 0 Å². The van der Waals surface area contributed by atoms with E-state index >= 15 is 0 Å². The zero-order chi connectivity index (χ0) is 22.4. The lowest BCUT2D eigenvalue weighted by molar-refractivity contribution is 0.0932. The number of pyridine rings is 1. The van der Waals surface area contributed by atoms with E-state index in [1.165, 1.54) is 16.8 Å². The summed E-state index contributed by atoms with van der Waals surface area (Å²) in [4.78, 5) is 21.5. The molecule has 32 heavy (non-hydrogen) atoms. The van der Waals surface area contributed by atoms with Gasteiger partial charge in [0, 0.05) is 25.4 Å². The molecule has 0 fully saturated rings. The minimum absolute atomic E-state index is 0.153. The van der Waals surface area contributed by atoms with Gasteiger partial charge in [0.15, 0.2) is 5.65 Å². The Balaban J connectivity index is 1.71. The highest BCUT2D eigenvalue weighted by atomic mass is 19.1. The molecule has 5 heterocycles. The molecule has 1 aliphatic heterocycles. The number of nitrogen functional groups attached to an aromatic ring is 1. The van der Waals surface area contributed by atoms with Crippen LogP contribution in [0.15, 0.2) is 30.7 Å². The highest BCUT2D eigenvalue weighted by Crippen LogP contribution is 2.33. The molecular weight excluding hydrogens is 417 g/mol. The summed E-state index contributed by atoms with van der Waals surface area (Å²) in [7, 11) is 1.79. The number of aryl methyl sites for hydroxylation is 1. The maximum Gasteiger partial charge on any atom is 0.256 e. The number of amides is 1. The third-order valence-electron chi connectivity index (χ3n) is 5.10. The lowest BCUT2D eigenvalue weighted by Crippen LogP contribution is -2.33. The number of nitrogens with one attached hydrogen (secondary N) is 2. The van der Waals surface area contributed by atoms with Crippen LogP contribution in [0.3, 0.4) is 0 Å². The van der Waals surface area contributed by atoms with Crippen molar-refractivity contribution in [2.75, 3.05) is 17.6 Å². The summed E-state index contributed by atoms with van der Waals surface area (Å²) >= 11 is 0. The number of carbonyl (C=O) groups is 1. The van der Waals surface area contributed by atoms with Gasteiger partial charge in [-0.05, 0) is 19.1 Å². The van der Waals surface area contributed by atoms with Crippen LogP contribution >= 0.6 is 0 Å². The summed E-state index contributed by atoms with van der Waals surface area (Å²) in [6.45, 7) is 2.14. The Bertz CT molecular complexity index is 1350. The second-order valence-electron chi connectivity index (χ2n) is 7.50. The molecule has 0 aromatic carbocycles. The predicted octanol–water partition coefficient (Wildman–Crippen LogP) is 1.37. The normalized spacial score (nSPS) is 16.3. The van der Waals surface area contributed by atoms with Gasteiger partial charge in [0.05, 0.1) is 30.2 Å². The predicted molar refractivity (Wildman–Crippen MR) is 114 cm³/mol. The Morgan fingerprint density at radius 3 is 2.94 bits per heavy atom. The summed E-state index contributed by atoms with van der Waals surface area (Å²) in [5.74, 6) is 0.0187. The fourth-order valence-electron chi connectivity index (χ4n) is 3.55. The lowest BCUT2D eigenvalue weighted by atomic mass is 10.2. The fraction of sp³-hybridized carbons (Fsp3) is 0.250. The van der Waals surface area contributed by atoms with Gasteiger partial charge < -0.3 is 21.1 Å². The number of hydrogen-bond acceptors (Lipinski definition) is 8.